The summed E-state index contributed by atoms with van der Waals surface area (Å²) in [6, 6.07) is 0.205. The lowest BCUT2D eigenvalue weighted by atomic mass is 9.96. The third kappa shape index (κ3) is 5.19. The maximum absolute atomic E-state index is 11.9. The fourth-order valence-corrected chi connectivity index (χ4v) is 2.23. The van der Waals surface area contributed by atoms with Crippen molar-refractivity contribution < 1.29 is 9.59 Å². The van der Waals surface area contributed by atoms with E-state index >= 15 is 0 Å². The maximum atomic E-state index is 11.9. The molecule has 0 radical (unpaired) electrons. The van der Waals surface area contributed by atoms with Crippen LogP contribution < -0.4 is 10.6 Å². The molecule has 0 aromatic carbocycles. The summed E-state index contributed by atoms with van der Waals surface area (Å²) in [5.74, 6) is 0.763. The van der Waals surface area contributed by atoms with Crippen LogP contribution in [0.25, 0.3) is 0 Å². The smallest absolute Gasteiger partial charge is 0.234 e. The highest BCUT2D eigenvalue weighted by Gasteiger charge is 2.25. The first kappa shape index (κ1) is 16.0. The highest BCUT2D eigenvalue weighted by Crippen LogP contribution is 2.16. The molecule has 1 unspecified atom stereocenters. The molecule has 5 nitrogen and oxygen atoms in total. The van der Waals surface area contributed by atoms with Crippen LogP contribution in [-0.2, 0) is 9.59 Å². The molecule has 0 bridgehead atoms. The number of nitrogens with one attached hydrogen (secondary N) is 2. The Morgan fingerprint density at radius 2 is 1.79 bits per heavy atom. The topological polar surface area (TPSA) is 61.4 Å². The van der Waals surface area contributed by atoms with Gasteiger partial charge in [-0.05, 0) is 38.8 Å². The first-order chi connectivity index (χ1) is 8.93. The van der Waals surface area contributed by atoms with Gasteiger partial charge < -0.3 is 10.6 Å². The van der Waals surface area contributed by atoms with Crippen molar-refractivity contribution >= 4 is 11.8 Å². The van der Waals surface area contributed by atoms with Gasteiger partial charge in [0.2, 0.25) is 11.8 Å². The molecule has 1 atom stereocenters. The lowest BCUT2D eigenvalue weighted by Crippen LogP contribution is -2.46. The van der Waals surface area contributed by atoms with Gasteiger partial charge in [0.25, 0.3) is 0 Å². The Balaban J connectivity index is 2.29. The van der Waals surface area contributed by atoms with Gasteiger partial charge in [-0.1, -0.05) is 13.8 Å². The number of nitrogens with zero attached hydrogens (tertiary/aromatic N) is 1. The summed E-state index contributed by atoms with van der Waals surface area (Å²) >= 11 is 0. The van der Waals surface area contributed by atoms with Crippen LogP contribution in [0.4, 0.5) is 0 Å². The minimum absolute atomic E-state index is 0.0830. The molecule has 0 aromatic heterocycles. The van der Waals surface area contributed by atoms with Crippen LogP contribution in [0.3, 0.4) is 0 Å². The highest BCUT2D eigenvalue weighted by molar-refractivity contribution is 5.79. The zero-order valence-electron chi connectivity index (χ0n) is 12.5. The monoisotopic (exact) mass is 269 g/mol. The second kappa shape index (κ2) is 7.48. The summed E-state index contributed by atoms with van der Waals surface area (Å²) in [6.07, 6.45) is 1.68. The summed E-state index contributed by atoms with van der Waals surface area (Å²) in [5.41, 5.74) is 0. The fourth-order valence-electron chi connectivity index (χ4n) is 2.23. The molecule has 0 saturated carbocycles. The molecule has 1 aliphatic rings. The molecule has 2 N–H and O–H groups in total. The Labute approximate surface area is 116 Å². The van der Waals surface area contributed by atoms with Crippen LogP contribution in [0.2, 0.25) is 0 Å². The van der Waals surface area contributed by atoms with Crippen LogP contribution in [0.15, 0.2) is 0 Å². The maximum Gasteiger partial charge on any atom is 0.234 e. The Morgan fingerprint density at radius 1 is 1.21 bits per heavy atom. The molecular formula is C14H27N3O2. The van der Waals surface area contributed by atoms with E-state index in [0.29, 0.717) is 12.5 Å². The Bertz CT molecular complexity index is 310. The molecule has 1 rings (SSSR count). The van der Waals surface area contributed by atoms with E-state index < -0.39 is 0 Å². The zero-order valence-corrected chi connectivity index (χ0v) is 12.5. The van der Waals surface area contributed by atoms with E-state index in [4.69, 9.17) is 0 Å². The summed E-state index contributed by atoms with van der Waals surface area (Å²) < 4.78 is 0. The van der Waals surface area contributed by atoms with Gasteiger partial charge in [-0.3, -0.25) is 14.5 Å². The predicted molar refractivity (Wildman–Crippen MR) is 75.7 cm³/mol. The SMILES string of the molecule is CNC(=O)C1CCN(CC(=O)NC(C)C(C)C)CC1. The largest absolute Gasteiger partial charge is 0.359 e. The first-order valence-electron chi connectivity index (χ1n) is 7.17. The molecule has 19 heavy (non-hydrogen) atoms. The number of hydrogen-bond donors (Lipinski definition) is 2. The predicted octanol–water partition coefficient (Wildman–Crippen LogP) is 0.605. The summed E-state index contributed by atoms with van der Waals surface area (Å²) in [7, 11) is 1.68. The number of carbonyl (C=O) groups is 2. The van der Waals surface area contributed by atoms with Crippen molar-refractivity contribution in [2.24, 2.45) is 11.8 Å². The quantitative estimate of drug-likeness (QED) is 0.768. The van der Waals surface area contributed by atoms with Crippen LogP contribution in [-0.4, -0.2) is 49.4 Å². The Morgan fingerprint density at radius 3 is 2.26 bits per heavy atom. The van der Waals surface area contributed by atoms with Crippen molar-refractivity contribution in [2.75, 3.05) is 26.7 Å². The van der Waals surface area contributed by atoms with Gasteiger partial charge in [-0.15, -0.1) is 0 Å². The number of amides is 2. The van der Waals surface area contributed by atoms with Gasteiger partial charge in [-0.2, -0.15) is 0 Å². The first-order valence-corrected chi connectivity index (χ1v) is 7.17. The number of piperidine rings is 1. The van der Waals surface area contributed by atoms with Gasteiger partial charge >= 0.3 is 0 Å². The van der Waals surface area contributed by atoms with E-state index in [0.717, 1.165) is 25.9 Å². The summed E-state index contributed by atoms with van der Waals surface area (Å²) in [5, 5.41) is 5.70. The summed E-state index contributed by atoms with van der Waals surface area (Å²) in [4.78, 5) is 25.5. The molecule has 5 heteroatoms. The standard InChI is InChI=1S/C14H27N3O2/c1-10(2)11(3)16-13(18)9-17-7-5-12(6-8-17)14(19)15-4/h10-12H,5-9H2,1-4H3,(H,15,19)(H,16,18). The van der Waals surface area contributed by atoms with Gasteiger partial charge in [0.15, 0.2) is 0 Å². The van der Waals surface area contributed by atoms with Gasteiger partial charge in [0.1, 0.15) is 0 Å². The number of carbonyl (C=O) groups excluding carboxylic acids is 2. The molecule has 0 aliphatic carbocycles. The number of likely N-dealkylation sites (tertiary alicyclic amines) is 1. The van der Waals surface area contributed by atoms with Gasteiger partial charge in [0, 0.05) is 19.0 Å². The Hall–Kier alpha value is -1.10. The van der Waals surface area contributed by atoms with Crippen molar-refractivity contribution in [3.05, 3.63) is 0 Å². The second-order valence-electron chi connectivity index (χ2n) is 5.76. The molecule has 0 aromatic rings. The lowest BCUT2D eigenvalue weighted by Gasteiger charge is -2.31. The number of hydrogen-bond acceptors (Lipinski definition) is 3. The van der Waals surface area contributed by atoms with Crippen LogP contribution in [0.1, 0.15) is 33.6 Å². The van der Waals surface area contributed by atoms with Crippen molar-refractivity contribution in [1.82, 2.24) is 15.5 Å². The van der Waals surface area contributed by atoms with Crippen LogP contribution >= 0.6 is 0 Å². The van der Waals surface area contributed by atoms with Crippen molar-refractivity contribution in [1.29, 1.82) is 0 Å². The summed E-state index contributed by atoms with van der Waals surface area (Å²) in [6.45, 7) is 8.31. The van der Waals surface area contributed by atoms with Crippen LogP contribution in [0, 0.1) is 11.8 Å². The third-order valence-electron chi connectivity index (χ3n) is 3.96. The van der Waals surface area contributed by atoms with E-state index in [2.05, 4.69) is 29.4 Å². The van der Waals surface area contributed by atoms with Gasteiger partial charge in [0.05, 0.1) is 6.54 Å². The molecule has 0 spiro atoms. The van der Waals surface area contributed by atoms with E-state index in [1.807, 2.05) is 6.92 Å². The molecule has 1 fully saturated rings. The van der Waals surface area contributed by atoms with Gasteiger partial charge in [-0.25, -0.2) is 0 Å². The second-order valence-corrected chi connectivity index (χ2v) is 5.76. The Kier molecular flexibility index (Phi) is 6.28. The third-order valence-corrected chi connectivity index (χ3v) is 3.96. The van der Waals surface area contributed by atoms with Crippen LogP contribution in [0.5, 0.6) is 0 Å². The van der Waals surface area contributed by atoms with Crippen molar-refractivity contribution in [2.45, 2.75) is 39.7 Å². The fraction of sp³-hybridized carbons (Fsp3) is 0.857. The molecule has 110 valence electrons. The molecule has 1 aliphatic heterocycles. The van der Waals surface area contributed by atoms with E-state index in [1.54, 1.807) is 7.05 Å². The minimum Gasteiger partial charge on any atom is -0.359 e. The lowest BCUT2D eigenvalue weighted by molar-refractivity contribution is -0.126. The van der Waals surface area contributed by atoms with E-state index in [-0.39, 0.29) is 23.8 Å². The van der Waals surface area contributed by atoms with E-state index in [1.165, 1.54) is 0 Å². The zero-order chi connectivity index (χ0) is 14.4. The molecular weight excluding hydrogens is 242 g/mol. The van der Waals surface area contributed by atoms with E-state index in [9.17, 15) is 9.59 Å². The highest BCUT2D eigenvalue weighted by atomic mass is 16.2. The minimum atomic E-state index is 0.0830. The van der Waals surface area contributed by atoms with Crippen molar-refractivity contribution in [3.63, 3.8) is 0 Å². The molecule has 1 heterocycles. The number of rotatable bonds is 5. The normalized spacial score (nSPS) is 19.2. The average Bonchev–Trinajstić information content (AvgIpc) is 2.38. The average molecular weight is 269 g/mol. The molecule has 2 amide bonds. The molecule has 1 saturated heterocycles. The van der Waals surface area contributed by atoms with Crippen molar-refractivity contribution in [3.8, 4) is 0 Å².